The quantitative estimate of drug-likeness (QED) is 0.260. The zero-order valence-corrected chi connectivity index (χ0v) is 22.4. The van der Waals surface area contributed by atoms with Crippen LogP contribution in [0.15, 0.2) is 60.7 Å². The van der Waals surface area contributed by atoms with Gasteiger partial charge in [-0.25, -0.2) is 0 Å². The van der Waals surface area contributed by atoms with Crippen LogP contribution in [0.25, 0.3) is 11.3 Å². The highest BCUT2D eigenvalue weighted by Gasteiger charge is 2.30. The molecule has 3 aromatic carbocycles. The number of hydrogen-bond donors (Lipinski definition) is 2. The molecule has 9 heteroatoms. The summed E-state index contributed by atoms with van der Waals surface area (Å²) in [7, 11) is 0. The zero-order chi connectivity index (χ0) is 27.8. The van der Waals surface area contributed by atoms with Crippen LogP contribution in [0.4, 0.5) is 17.1 Å². The van der Waals surface area contributed by atoms with Crippen LogP contribution in [-0.4, -0.2) is 46.2 Å². The lowest BCUT2D eigenvalue weighted by atomic mass is 9.97. The first-order valence-corrected chi connectivity index (χ1v) is 13.7. The second-order valence-electron chi connectivity index (χ2n) is 10.7. The topological polar surface area (TPSA) is 108 Å². The van der Waals surface area contributed by atoms with Gasteiger partial charge in [0, 0.05) is 55.6 Å². The fraction of sp³-hybridized carbons (Fsp3) is 0.290. The van der Waals surface area contributed by atoms with Crippen LogP contribution in [0.2, 0.25) is 0 Å². The number of carbonyl (C=O) groups is 2. The summed E-state index contributed by atoms with van der Waals surface area (Å²) >= 11 is 0. The van der Waals surface area contributed by atoms with Gasteiger partial charge in [-0.2, -0.15) is 0 Å². The van der Waals surface area contributed by atoms with Gasteiger partial charge in [0.15, 0.2) is 0 Å². The number of fused-ring (bicyclic) bond motifs is 2. The summed E-state index contributed by atoms with van der Waals surface area (Å²) in [6.45, 7) is 5.93. The van der Waals surface area contributed by atoms with E-state index in [1.54, 1.807) is 13.0 Å². The van der Waals surface area contributed by atoms with Crippen LogP contribution in [0, 0.1) is 10.1 Å². The minimum Gasteiger partial charge on any atom is -0.354 e. The number of nitrogens with one attached hydrogen (secondary N) is 2. The maximum absolute atomic E-state index is 13.3. The molecule has 0 atom stereocenters. The first kappa shape index (κ1) is 25.8. The smallest absolute Gasteiger partial charge is 0.270 e. The van der Waals surface area contributed by atoms with E-state index >= 15 is 0 Å². The molecule has 2 amide bonds. The van der Waals surface area contributed by atoms with Crippen molar-refractivity contribution in [1.82, 2.24) is 9.80 Å². The molecule has 0 radical (unpaired) electrons. The van der Waals surface area contributed by atoms with Crippen molar-refractivity contribution in [1.29, 1.82) is 0 Å². The Hall–Kier alpha value is -4.50. The molecule has 0 aliphatic carbocycles. The highest BCUT2D eigenvalue weighted by molar-refractivity contribution is 6.37. The molecule has 3 aliphatic rings. The molecule has 0 bridgehead atoms. The van der Waals surface area contributed by atoms with Gasteiger partial charge in [0.05, 0.1) is 16.2 Å². The van der Waals surface area contributed by atoms with Gasteiger partial charge in [-0.3, -0.25) is 24.6 Å². The summed E-state index contributed by atoms with van der Waals surface area (Å²) in [5.74, 6) is -0.248. The average Bonchev–Trinajstić information content (AvgIpc) is 3.58. The largest absolute Gasteiger partial charge is 0.354 e. The summed E-state index contributed by atoms with van der Waals surface area (Å²) in [5.41, 5.74) is 7.01. The minimum absolute atomic E-state index is 0.0630. The van der Waals surface area contributed by atoms with Crippen LogP contribution in [0.3, 0.4) is 0 Å². The Balaban J connectivity index is 1.40. The second-order valence-corrected chi connectivity index (χ2v) is 10.7. The highest BCUT2D eigenvalue weighted by atomic mass is 16.6. The average molecular weight is 538 g/mol. The van der Waals surface area contributed by atoms with Gasteiger partial charge in [0.1, 0.15) is 0 Å². The van der Waals surface area contributed by atoms with E-state index < -0.39 is 4.92 Å². The van der Waals surface area contributed by atoms with E-state index in [-0.39, 0.29) is 17.5 Å². The molecule has 3 aromatic rings. The van der Waals surface area contributed by atoms with Gasteiger partial charge >= 0.3 is 0 Å². The maximum Gasteiger partial charge on any atom is 0.270 e. The van der Waals surface area contributed by atoms with Crippen LogP contribution < -0.4 is 10.6 Å². The van der Waals surface area contributed by atoms with E-state index in [1.807, 2.05) is 29.2 Å². The van der Waals surface area contributed by atoms with Gasteiger partial charge in [0.25, 0.3) is 11.6 Å². The minimum atomic E-state index is -0.450. The number of non-ortho nitro benzene ring substituents is 1. The number of carbonyl (C=O) groups excluding carboxylic acids is 2. The summed E-state index contributed by atoms with van der Waals surface area (Å²) in [6, 6.07) is 18.6. The lowest BCUT2D eigenvalue weighted by molar-refractivity contribution is -0.384. The molecular formula is C31H31N5O4. The first-order chi connectivity index (χ1) is 19.4. The van der Waals surface area contributed by atoms with Crippen molar-refractivity contribution in [3.8, 4) is 0 Å². The molecule has 40 heavy (non-hydrogen) atoms. The van der Waals surface area contributed by atoms with Crippen molar-refractivity contribution in [3.63, 3.8) is 0 Å². The van der Waals surface area contributed by atoms with Crippen molar-refractivity contribution < 1.29 is 14.5 Å². The fourth-order valence-electron chi connectivity index (χ4n) is 5.82. The van der Waals surface area contributed by atoms with E-state index in [9.17, 15) is 19.7 Å². The van der Waals surface area contributed by atoms with E-state index in [0.717, 1.165) is 48.4 Å². The van der Waals surface area contributed by atoms with Crippen LogP contribution in [0.1, 0.15) is 47.6 Å². The van der Waals surface area contributed by atoms with E-state index in [4.69, 9.17) is 0 Å². The summed E-state index contributed by atoms with van der Waals surface area (Å²) < 4.78 is 0. The third-order valence-corrected chi connectivity index (χ3v) is 7.99. The number of nitro groups is 1. The Kier molecular flexibility index (Phi) is 6.81. The van der Waals surface area contributed by atoms with Gasteiger partial charge in [0.2, 0.25) is 5.91 Å². The van der Waals surface area contributed by atoms with Crippen molar-refractivity contribution in [2.45, 2.75) is 39.3 Å². The molecule has 9 nitrogen and oxygen atoms in total. The van der Waals surface area contributed by atoms with Gasteiger partial charge in [-0.05, 0) is 72.8 Å². The number of benzene rings is 3. The van der Waals surface area contributed by atoms with Crippen molar-refractivity contribution in [2.75, 3.05) is 30.3 Å². The predicted molar refractivity (Wildman–Crippen MR) is 154 cm³/mol. The van der Waals surface area contributed by atoms with Gasteiger partial charge in [-0.15, -0.1) is 0 Å². The summed E-state index contributed by atoms with van der Waals surface area (Å²) in [4.78, 5) is 40.6. The zero-order valence-electron chi connectivity index (χ0n) is 22.4. The Morgan fingerprint density at radius 1 is 1.00 bits per heavy atom. The lowest BCUT2D eigenvalue weighted by Crippen LogP contribution is -2.34. The summed E-state index contributed by atoms with van der Waals surface area (Å²) in [5, 5.41) is 17.9. The molecular weight excluding hydrogens is 506 g/mol. The Morgan fingerprint density at radius 2 is 1.77 bits per heavy atom. The Morgan fingerprint density at radius 3 is 2.50 bits per heavy atom. The fourth-order valence-corrected chi connectivity index (χ4v) is 5.82. The van der Waals surface area contributed by atoms with Crippen molar-refractivity contribution in [3.05, 3.63) is 98.6 Å². The van der Waals surface area contributed by atoms with E-state index in [0.29, 0.717) is 35.6 Å². The molecule has 204 valence electrons. The number of nitrogens with zero attached hydrogens (tertiary/aromatic N) is 3. The third kappa shape index (κ3) is 5.08. The van der Waals surface area contributed by atoms with Gasteiger partial charge < -0.3 is 15.5 Å². The number of hydrogen-bond acceptors (Lipinski definition) is 6. The van der Waals surface area contributed by atoms with E-state index in [1.165, 1.54) is 30.5 Å². The normalized spacial score (nSPS) is 17.7. The standard InChI is InChI=1S/C31H31N5O4/c1-20(37)35-15-12-23-16-25(9-8-24(23)19-35)32-30(22-6-4-21(5-7-22)18-34-13-2-3-14-34)29-27-17-26(36(39)40)10-11-28(27)33-31(29)38/h4-11,16-17,32H,2-3,12-15,18-19H2,1H3,(H,33,38)/b30-29-. The highest BCUT2D eigenvalue weighted by Crippen LogP contribution is 2.39. The van der Waals surface area contributed by atoms with Crippen LogP contribution >= 0.6 is 0 Å². The van der Waals surface area contributed by atoms with Gasteiger partial charge in [-0.1, -0.05) is 30.3 Å². The maximum atomic E-state index is 13.3. The molecule has 1 saturated heterocycles. The monoisotopic (exact) mass is 537 g/mol. The molecule has 0 unspecified atom stereocenters. The SMILES string of the molecule is CC(=O)N1CCc2cc(N/C(=C3\C(=O)Nc4ccc([N+](=O)[O-])cc43)c3ccc(CN4CCCC4)cc3)ccc2C1. The third-order valence-electron chi connectivity index (χ3n) is 7.99. The molecule has 6 rings (SSSR count). The number of anilines is 2. The van der Waals surface area contributed by atoms with Crippen molar-refractivity contribution in [2.24, 2.45) is 0 Å². The summed E-state index contributed by atoms with van der Waals surface area (Å²) in [6.07, 6.45) is 3.20. The number of nitro benzene ring substituents is 1. The first-order valence-electron chi connectivity index (χ1n) is 13.7. The van der Waals surface area contributed by atoms with Crippen LogP contribution in [-0.2, 0) is 29.1 Å². The molecule has 3 aliphatic heterocycles. The lowest BCUT2D eigenvalue weighted by Gasteiger charge is -2.28. The molecule has 0 saturated carbocycles. The number of rotatable bonds is 6. The molecule has 2 N–H and O–H groups in total. The van der Waals surface area contributed by atoms with E-state index in [2.05, 4.69) is 33.7 Å². The second kappa shape index (κ2) is 10.6. The predicted octanol–water partition coefficient (Wildman–Crippen LogP) is 5.03. The van der Waals surface area contributed by atoms with Crippen LogP contribution in [0.5, 0.6) is 0 Å². The number of likely N-dealkylation sites (tertiary alicyclic amines) is 1. The Bertz CT molecular complexity index is 1540. The Labute approximate surface area is 232 Å². The molecule has 0 spiro atoms. The number of amides is 2. The molecule has 3 heterocycles. The van der Waals surface area contributed by atoms with Crippen molar-refractivity contribution >= 4 is 40.1 Å². The molecule has 0 aromatic heterocycles. The molecule has 1 fully saturated rings.